The molecule has 1 amide bonds. The van der Waals surface area contributed by atoms with Crippen LogP contribution >= 0.6 is 0 Å². The van der Waals surface area contributed by atoms with E-state index in [0.717, 1.165) is 30.3 Å². The lowest BCUT2D eigenvalue weighted by Crippen LogP contribution is -2.50. The van der Waals surface area contributed by atoms with Crippen molar-refractivity contribution in [2.45, 2.75) is 63.5 Å². The zero-order chi connectivity index (χ0) is 14.4. The highest BCUT2D eigenvalue weighted by Gasteiger charge is 2.38. The number of nitrogens with two attached hydrogens (primary N) is 1. The van der Waals surface area contributed by atoms with E-state index in [0.29, 0.717) is 12.1 Å². The highest BCUT2D eigenvalue weighted by Crippen LogP contribution is 2.39. The number of carbonyl (C=O) groups is 1. The molecule has 0 aromatic carbocycles. The molecule has 2 heterocycles. The lowest BCUT2D eigenvalue weighted by atomic mass is 9.78. The van der Waals surface area contributed by atoms with Crippen molar-refractivity contribution >= 4 is 11.6 Å². The smallest absolute Gasteiger partial charge is 0.270 e. The van der Waals surface area contributed by atoms with Gasteiger partial charge in [-0.25, -0.2) is 0 Å². The van der Waals surface area contributed by atoms with Crippen molar-refractivity contribution in [3.05, 3.63) is 18.0 Å². The summed E-state index contributed by atoms with van der Waals surface area (Å²) in [5.41, 5.74) is 7.50. The number of piperidine rings is 1. The molecule has 2 unspecified atom stereocenters. The Morgan fingerprint density at radius 1 is 1.10 bits per heavy atom. The van der Waals surface area contributed by atoms with Crippen LogP contribution in [0.4, 0.5) is 5.69 Å². The van der Waals surface area contributed by atoms with Crippen LogP contribution in [0.2, 0.25) is 0 Å². The quantitative estimate of drug-likeness (QED) is 0.908. The number of carbonyl (C=O) groups excluding carboxylic acids is 1. The third-order valence-electron chi connectivity index (χ3n) is 5.53. The van der Waals surface area contributed by atoms with Gasteiger partial charge < -0.3 is 15.2 Å². The Kier molecular flexibility index (Phi) is 3.20. The average molecular weight is 287 g/mol. The number of likely N-dealkylation sites (tertiary alicyclic amines) is 1. The summed E-state index contributed by atoms with van der Waals surface area (Å²) >= 11 is 0. The van der Waals surface area contributed by atoms with Crippen molar-refractivity contribution in [1.82, 2.24) is 9.47 Å². The van der Waals surface area contributed by atoms with Crippen LogP contribution in [0.5, 0.6) is 0 Å². The van der Waals surface area contributed by atoms with Gasteiger partial charge in [0.1, 0.15) is 5.69 Å². The summed E-state index contributed by atoms with van der Waals surface area (Å²) in [6.45, 7) is 0.926. The fraction of sp³-hybridized carbons (Fsp3) is 0.706. The molecule has 0 radical (unpaired) electrons. The number of hydrogen-bond donors (Lipinski definition) is 1. The number of nitrogens with zero attached hydrogens (tertiary/aromatic N) is 2. The summed E-state index contributed by atoms with van der Waals surface area (Å²) in [6, 6.07) is 2.87. The summed E-state index contributed by atoms with van der Waals surface area (Å²) in [5.74, 6) is 0.952. The second-order valence-corrected chi connectivity index (χ2v) is 7.05. The number of rotatable bonds is 2. The van der Waals surface area contributed by atoms with Crippen LogP contribution in [0.3, 0.4) is 0 Å². The number of hydrogen-bond acceptors (Lipinski definition) is 2. The van der Waals surface area contributed by atoms with Gasteiger partial charge in [-0.1, -0.05) is 12.8 Å². The SMILES string of the molecule is Nc1cc(C(=O)N2CCCC3CCCCC32)n(C2CC2)c1. The molecule has 2 atom stereocenters. The van der Waals surface area contributed by atoms with Crippen LogP contribution in [0.1, 0.15) is 67.9 Å². The molecule has 0 bridgehead atoms. The molecule has 2 saturated carbocycles. The van der Waals surface area contributed by atoms with Crippen LogP contribution < -0.4 is 5.73 Å². The molecule has 1 saturated heterocycles. The van der Waals surface area contributed by atoms with Crippen LogP contribution in [0, 0.1) is 5.92 Å². The second-order valence-electron chi connectivity index (χ2n) is 7.05. The standard InChI is InChI=1S/C17H25N3O/c18-13-10-16(20(11-13)14-7-8-14)17(21)19-9-3-5-12-4-1-2-6-15(12)19/h10-12,14-15H,1-9,18H2. The molecular weight excluding hydrogens is 262 g/mol. The first-order chi connectivity index (χ1) is 10.2. The maximum Gasteiger partial charge on any atom is 0.270 e. The maximum absolute atomic E-state index is 13.1. The molecule has 3 fully saturated rings. The Morgan fingerprint density at radius 2 is 1.86 bits per heavy atom. The topological polar surface area (TPSA) is 51.3 Å². The van der Waals surface area contributed by atoms with Gasteiger partial charge in [-0.15, -0.1) is 0 Å². The van der Waals surface area contributed by atoms with Crippen molar-refractivity contribution in [3.63, 3.8) is 0 Å². The molecule has 4 heteroatoms. The lowest BCUT2D eigenvalue weighted by Gasteiger charge is -2.44. The summed E-state index contributed by atoms with van der Waals surface area (Å²) in [6.07, 6.45) is 11.9. The fourth-order valence-electron chi connectivity index (χ4n) is 4.35. The van der Waals surface area contributed by atoms with Gasteiger partial charge in [-0.3, -0.25) is 4.79 Å². The van der Waals surface area contributed by atoms with E-state index in [1.807, 2.05) is 12.3 Å². The molecule has 114 valence electrons. The molecular formula is C17H25N3O. The predicted octanol–water partition coefficient (Wildman–Crippen LogP) is 3.20. The summed E-state index contributed by atoms with van der Waals surface area (Å²) in [4.78, 5) is 15.2. The monoisotopic (exact) mass is 287 g/mol. The minimum Gasteiger partial charge on any atom is -0.397 e. The third-order valence-corrected chi connectivity index (χ3v) is 5.53. The Morgan fingerprint density at radius 3 is 2.67 bits per heavy atom. The van der Waals surface area contributed by atoms with Crippen molar-refractivity contribution in [2.24, 2.45) is 5.92 Å². The van der Waals surface area contributed by atoms with Gasteiger partial charge in [0, 0.05) is 24.8 Å². The Hall–Kier alpha value is -1.45. The largest absolute Gasteiger partial charge is 0.397 e. The molecule has 1 aromatic rings. The van der Waals surface area contributed by atoms with Gasteiger partial charge in [0.25, 0.3) is 5.91 Å². The average Bonchev–Trinajstić information content (AvgIpc) is 3.28. The van der Waals surface area contributed by atoms with E-state index in [2.05, 4.69) is 9.47 Å². The zero-order valence-corrected chi connectivity index (χ0v) is 12.6. The Balaban J connectivity index is 1.61. The van der Waals surface area contributed by atoms with Gasteiger partial charge >= 0.3 is 0 Å². The third kappa shape index (κ3) is 2.34. The van der Waals surface area contributed by atoms with Crippen molar-refractivity contribution in [1.29, 1.82) is 0 Å². The Bertz CT molecular complexity index is 544. The van der Waals surface area contributed by atoms with E-state index in [9.17, 15) is 4.79 Å². The highest BCUT2D eigenvalue weighted by molar-refractivity contribution is 5.94. The van der Waals surface area contributed by atoms with E-state index in [1.54, 1.807) is 0 Å². The van der Waals surface area contributed by atoms with E-state index < -0.39 is 0 Å². The van der Waals surface area contributed by atoms with E-state index in [4.69, 9.17) is 5.73 Å². The van der Waals surface area contributed by atoms with Crippen molar-refractivity contribution in [3.8, 4) is 0 Å². The Labute approximate surface area is 126 Å². The van der Waals surface area contributed by atoms with Crippen LogP contribution in [0.15, 0.2) is 12.3 Å². The van der Waals surface area contributed by atoms with Gasteiger partial charge in [0.05, 0.1) is 5.69 Å². The molecule has 2 aliphatic carbocycles. The molecule has 4 rings (SSSR count). The minimum absolute atomic E-state index is 0.218. The summed E-state index contributed by atoms with van der Waals surface area (Å²) in [7, 11) is 0. The van der Waals surface area contributed by atoms with E-state index in [-0.39, 0.29) is 5.91 Å². The van der Waals surface area contributed by atoms with Crippen molar-refractivity contribution in [2.75, 3.05) is 12.3 Å². The van der Waals surface area contributed by atoms with Crippen LogP contribution in [-0.4, -0.2) is 28.0 Å². The maximum atomic E-state index is 13.1. The highest BCUT2D eigenvalue weighted by atomic mass is 16.2. The van der Waals surface area contributed by atoms with Crippen molar-refractivity contribution < 1.29 is 4.79 Å². The number of anilines is 1. The van der Waals surface area contributed by atoms with Gasteiger partial charge in [-0.05, 0) is 50.5 Å². The van der Waals surface area contributed by atoms with Gasteiger partial charge in [0.15, 0.2) is 0 Å². The van der Waals surface area contributed by atoms with Gasteiger partial charge in [-0.2, -0.15) is 0 Å². The molecule has 1 aromatic heterocycles. The lowest BCUT2D eigenvalue weighted by molar-refractivity contribution is 0.0380. The normalized spacial score (nSPS) is 29.2. The zero-order valence-electron chi connectivity index (χ0n) is 12.6. The summed E-state index contributed by atoms with van der Waals surface area (Å²) in [5, 5.41) is 0. The molecule has 0 spiro atoms. The van der Waals surface area contributed by atoms with Gasteiger partial charge in [0.2, 0.25) is 0 Å². The second kappa shape index (κ2) is 5.08. The molecule has 21 heavy (non-hydrogen) atoms. The minimum atomic E-state index is 0.218. The fourth-order valence-corrected chi connectivity index (χ4v) is 4.35. The number of amides is 1. The van der Waals surface area contributed by atoms with Crippen LogP contribution in [-0.2, 0) is 0 Å². The number of aromatic nitrogens is 1. The van der Waals surface area contributed by atoms with E-state index in [1.165, 1.54) is 44.9 Å². The number of nitrogen functional groups attached to an aromatic ring is 1. The molecule has 4 nitrogen and oxygen atoms in total. The molecule has 2 N–H and O–H groups in total. The predicted molar refractivity (Wildman–Crippen MR) is 83.1 cm³/mol. The van der Waals surface area contributed by atoms with Crippen LogP contribution in [0.25, 0.3) is 0 Å². The number of fused-ring (bicyclic) bond motifs is 1. The summed E-state index contributed by atoms with van der Waals surface area (Å²) < 4.78 is 2.13. The first-order valence-electron chi connectivity index (χ1n) is 8.52. The van der Waals surface area contributed by atoms with E-state index >= 15 is 0 Å². The molecule has 3 aliphatic rings. The first-order valence-corrected chi connectivity index (χ1v) is 8.52. The first kappa shape index (κ1) is 13.2. The molecule has 1 aliphatic heterocycles.